The van der Waals surface area contributed by atoms with Crippen molar-refractivity contribution in [1.82, 2.24) is 10.2 Å². The fourth-order valence-electron chi connectivity index (χ4n) is 1.40. The maximum absolute atomic E-state index is 12.0. The van der Waals surface area contributed by atoms with E-state index in [1.54, 1.807) is 7.05 Å². The molecule has 2 rings (SSSR count). The van der Waals surface area contributed by atoms with E-state index in [-0.39, 0.29) is 22.7 Å². The summed E-state index contributed by atoms with van der Waals surface area (Å²) in [6.07, 6.45) is 0. The largest absolute Gasteiger partial charge is 0.459 e. The summed E-state index contributed by atoms with van der Waals surface area (Å²) in [5.41, 5.74) is 0.769. The number of carbonyl (C=O) groups is 1. The van der Waals surface area contributed by atoms with Crippen LogP contribution in [-0.2, 0) is 8.59 Å². The molecule has 0 saturated carbocycles. The first-order chi connectivity index (χ1) is 9.88. The minimum Gasteiger partial charge on any atom is -0.459 e. The minimum atomic E-state index is -1.65. The Balaban J connectivity index is 1.94. The Kier molecular flexibility index (Phi) is 5.27. The van der Waals surface area contributed by atoms with Crippen LogP contribution in [0.3, 0.4) is 0 Å². The Morgan fingerprint density at radius 3 is 2.52 bits per heavy atom. The normalized spacial score (nSPS) is 11.2. The molecule has 1 heterocycles. The summed E-state index contributed by atoms with van der Waals surface area (Å²) >= 11 is 18.0. The molecule has 9 heteroatoms. The van der Waals surface area contributed by atoms with Gasteiger partial charge in [0.2, 0.25) is 3.79 Å². The number of anilines is 1. The third kappa shape index (κ3) is 4.44. The number of carbonyl (C=O) groups excluding carboxylic acids is 1. The average molecular weight is 367 g/mol. The summed E-state index contributed by atoms with van der Waals surface area (Å²) in [7, 11) is 1.66. The minimum absolute atomic E-state index is 0.172. The second-order valence-corrected chi connectivity index (χ2v) is 7.17. The highest BCUT2D eigenvalue weighted by Gasteiger charge is 2.28. The van der Waals surface area contributed by atoms with Gasteiger partial charge in [-0.1, -0.05) is 69.4 Å². The van der Waals surface area contributed by atoms with Crippen LogP contribution >= 0.6 is 46.1 Å². The Morgan fingerprint density at radius 1 is 1.29 bits per heavy atom. The first kappa shape index (κ1) is 16.3. The van der Waals surface area contributed by atoms with E-state index in [0.29, 0.717) is 0 Å². The van der Waals surface area contributed by atoms with Crippen molar-refractivity contribution in [2.45, 2.75) is 3.79 Å². The first-order valence-corrected chi connectivity index (χ1v) is 7.68. The molecule has 0 N–H and O–H groups in total. The summed E-state index contributed by atoms with van der Waals surface area (Å²) in [5.74, 6) is -0.230. The molecule has 1 amide bonds. The van der Waals surface area contributed by atoms with Crippen molar-refractivity contribution in [2.24, 2.45) is 0 Å². The summed E-state index contributed by atoms with van der Waals surface area (Å²) in [4.78, 5) is 13.5. The number of hydrogen-bond acceptors (Lipinski definition) is 5. The van der Waals surface area contributed by atoms with Crippen molar-refractivity contribution in [1.29, 1.82) is 0 Å². The number of aromatic nitrogens is 2. The number of hydrogen-bond donors (Lipinski definition) is 0. The molecule has 0 radical (unpaired) electrons. The van der Waals surface area contributed by atoms with Crippen molar-refractivity contribution in [2.75, 3.05) is 18.6 Å². The molecule has 0 saturated heterocycles. The number of ether oxygens (including phenoxy) is 1. The van der Waals surface area contributed by atoms with Crippen LogP contribution in [0.2, 0.25) is 0 Å². The van der Waals surface area contributed by atoms with Gasteiger partial charge in [0.1, 0.15) is 0 Å². The summed E-state index contributed by atoms with van der Waals surface area (Å²) in [5, 5.41) is 7.76. The Bertz CT molecular complexity index is 616. The molecule has 0 fully saturated rings. The zero-order valence-corrected chi connectivity index (χ0v) is 13.9. The Labute approximate surface area is 140 Å². The van der Waals surface area contributed by atoms with Gasteiger partial charge in [-0.05, 0) is 12.1 Å². The lowest BCUT2D eigenvalue weighted by Gasteiger charge is -2.16. The fourth-order valence-corrected chi connectivity index (χ4v) is 2.42. The quantitative estimate of drug-likeness (QED) is 0.778. The van der Waals surface area contributed by atoms with E-state index in [2.05, 4.69) is 10.2 Å². The number of para-hydroxylation sites is 1. The SMILES string of the molecule is CN(C(=O)COc1nnc(C(Cl)(Cl)Cl)s1)c1ccccc1. The lowest BCUT2D eigenvalue weighted by Crippen LogP contribution is -2.31. The van der Waals surface area contributed by atoms with Gasteiger partial charge in [0, 0.05) is 12.7 Å². The van der Waals surface area contributed by atoms with Crippen LogP contribution in [0.25, 0.3) is 0 Å². The molecule has 21 heavy (non-hydrogen) atoms. The van der Waals surface area contributed by atoms with Crippen molar-refractivity contribution in [3.63, 3.8) is 0 Å². The van der Waals surface area contributed by atoms with Gasteiger partial charge in [-0.25, -0.2) is 0 Å². The molecule has 0 aliphatic rings. The molecule has 0 bridgehead atoms. The number of amides is 1. The molecule has 0 aliphatic heterocycles. The van der Waals surface area contributed by atoms with E-state index >= 15 is 0 Å². The molecule has 0 aliphatic carbocycles. The zero-order valence-electron chi connectivity index (χ0n) is 10.8. The summed E-state index contributed by atoms with van der Waals surface area (Å²) in [6, 6.07) is 9.21. The molecular formula is C12H10Cl3N3O2S. The zero-order chi connectivity index (χ0) is 15.5. The van der Waals surface area contributed by atoms with Gasteiger partial charge >= 0.3 is 0 Å². The third-order valence-electron chi connectivity index (χ3n) is 2.49. The van der Waals surface area contributed by atoms with Crippen LogP contribution in [0.5, 0.6) is 5.19 Å². The van der Waals surface area contributed by atoms with Crippen LogP contribution in [0.1, 0.15) is 5.01 Å². The smallest absolute Gasteiger partial charge is 0.294 e. The van der Waals surface area contributed by atoms with E-state index in [1.165, 1.54) is 4.90 Å². The van der Waals surface area contributed by atoms with Gasteiger partial charge in [-0.3, -0.25) is 4.79 Å². The maximum Gasteiger partial charge on any atom is 0.294 e. The highest BCUT2D eigenvalue weighted by Crippen LogP contribution is 2.40. The second kappa shape index (κ2) is 6.79. The Hall–Kier alpha value is -1.08. The summed E-state index contributed by atoms with van der Waals surface area (Å²) < 4.78 is 3.62. The van der Waals surface area contributed by atoms with Crippen LogP contribution in [0, 0.1) is 0 Å². The standard InChI is InChI=1S/C12H10Cl3N3O2S/c1-18(8-5-3-2-4-6-8)9(19)7-20-11-17-16-10(21-11)12(13,14)15/h2-6H,7H2,1H3. The molecule has 1 aromatic carbocycles. The molecule has 2 aromatic rings. The lowest BCUT2D eigenvalue weighted by molar-refractivity contribution is -0.120. The fraction of sp³-hybridized carbons (Fsp3) is 0.250. The van der Waals surface area contributed by atoms with Crippen molar-refractivity contribution >= 4 is 57.7 Å². The molecule has 5 nitrogen and oxygen atoms in total. The topological polar surface area (TPSA) is 55.3 Å². The highest BCUT2D eigenvalue weighted by atomic mass is 35.6. The van der Waals surface area contributed by atoms with Crippen molar-refractivity contribution < 1.29 is 9.53 Å². The van der Waals surface area contributed by atoms with Gasteiger partial charge in [0.15, 0.2) is 11.6 Å². The predicted octanol–water partition coefficient (Wildman–Crippen LogP) is 3.41. The number of benzene rings is 1. The van der Waals surface area contributed by atoms with Crippen LogP contribution in [-0.4, -0.2) is 29.8 Å². The van der Waals surface area contributed by atoms with E-state index < -0.39 is 3.79 Å². The van der Waals surface area contributed by atoms with Crippen molar-refractivity contribution in [3.05, 3.63) is 35.3 Å². The highest BCUT2D eigenvalue weighted by molar-refractivity contribution is 7.14. The van der Waals surface area contributed by atoms with Crippen molar-refractivity contribution in [3.8, 4) is 5.19 Å². The number of likely N-dealkylation sites (N-methyl/N-ethyl adjacent to an activating group) is 1. The monoisotopic (exact) mass is 365 g/mol. The van der Waals surface area contributed by atoms with E-state index in [0.717, 1.165) is 17.0 Å². The molecule has 1 aromatic heterocycles. The second-order valence-electron chi connectivity index (χ2n) is 3.95. The number of rotatable bonds is 4. The molecule has 0 spiro atoms. The predicted molar refractivity (Wildman–Crippen MR) is 84.5 cm³/mol. The maximum atomic E-state index is 12.0. The van der Waals surface area contributed by atoms with Crippen LogP contribution in [0.4, 0.5) is 5.69 Å². The van der Waals surface area contributed by atoms with Gasteiger partial charge in [0.25, 0.3) is 11.1 Å². The Morgan fingerprint density at radius 2 is 1.95 bits per heavy atom. The van der Waals surface area contributed by atoms with Crippen LogP contribution in [0.15, 0.2) is 30.3 Å². The molecule has 0 atom stereocenters. The van der Waals surface area contributed by atoms with E-state index in [4.69, 9.17) is 39.5 Å². The van der Waals surface area contributed by atoms with E-state index in [9.17, 15) is 4.79 Å². The van der Waals surface area contributed by atoms with E-state index in [1.807, 2.05) is 30.3 Å². The third-order valence-corrected chi connectivity index (χ3v) is 4.31. The molecular weight excluding hydrogens is 357 g/mol. The molecule has 112 valence electrons. The summed E-state index contributed by atoms with van der Waals surface area (Å²) in [6.45, 7) is -0.181. The van der Waals surface area contributed by atoms with Gasteiger partial charge in [0.05, 0.1) is 0 Å². The number of alkyl halides is 3. The van der Waals surface area contributed by atoms with Gasteiger partial charge in [-0.15, -0.1) is 5.10 Å². The first-order valence-electron chi connectivity index (χ1n) is 5.73. The van der Waals surface area contributed by atoms with Gasteiger partial charge in [-0.2, -0.15) is 0 Å². The average Bonchev–Trinajstić information content (AvgIpc) is 2.94. The number of nitrogens with zero attached hydrogens (tertiary/aromatic N) is 3. The van der Waals surface area contributed by atoms with Crippen LogP contribution < -0.4 is 9.64 Å². The molecule has 0 unspecified atom stereocenters. The number of halogens is 3. The van der Waals surface area contributed by atoms with Gasteiger partial charge < -0.3 is 9.64 Å². The lowest BCUT2D eigenvalue weighted by atomic mass is 10.3.